The van der Waals surface area contributed by atoms with E-state index in [4.69, 9.17) is 4.74 Å². The molecule has 1 aliphatic rings. The zero-order chi connectivity index (χ0) is 20.5. The summed E-state index contributed by atoms with van der Waals surface area (Å²) in [4.78, 5) is 50.4. The number of anilines is 2. The number of nitrogens with zero attached hydrogens (tertiary/aromatic N) is 1. The number of nitrogens with one attached hydrogen (secondary N) is 3. The second kappa shape index (κ2) is 7.27. The second-order valence-corrected chi connectivity index (χ2v) is 6.69. The Kier molecular flexibility index (Phi) is 4.63. The number of aromatic nitrogens is 2. The van der Waals surface area contributed by atoms with E-state index >= 15 is 0 Å². The van der Waals surface area contributed by atoms with Crippen LogP contribution in [0.5, 0.6) is 5.75 Å². The lowest BCUT2D eigenvalue weighted by Crippen LogP contribution is -2.34. The summed E-state index contributed by atoms with van der Waals surface area (Å²) < 4.78 is 6.84. The van der Waals surface area contributed by atoms with Gasteiger partial charge < -0.3 is 15.4 Å². The molecular weight excluding hydrogens is 376 g/mol. The summed E-state index contributed by atoms with van der Waals surface area (Å²) in [5, 5.41) is 5.84. The fourth-order valence-electron chi connectivity index (χ4n) is 3.19. The summed E-state index contributed by atoms with van der Waals surface area (Å²) in [6, 6.07) is 11.7. The number of ether oxygens (including phenoxy) is 1. The highest BCUT2D eigenvalue weighted by Crippen LogP contribution is 2.32. The lowest BCUT2D eigenvalue weighted by Gasteiger charge is -2.23. The van der Waals surface area contributed by atoms with Crippen LogP contribution >= 0.6 is 0 Å². The molecule has 3 aromatic rings. The molecule has 9 heteroatoms. The van der Waals surface area contributed by atoms with Gasteiger partial charge in [0.25, 0.3) is 11.5 Å². The fraction of sp³-hybridized carbons (Fsp3) is 0.200. The number of rotatable bonds is 4. The van der Waals surface area contributed by atoms with Crippen molar-refractivity contribution in [2.45, 2.75) is 26.0 Å². The molecule has 1 aromatic heterocycles. The van der Waals surface area contributed by atoms with Crippen LogP contribution in [0.4, 0.5) is 11.4 Å². The molecule has 3 N–H and O–H groups in total. The average molecular weight is 394 g/mol. The van der Waals surface area contributed by atoms with E-state index in [1.807, 2.05) is 0 Å². The highest BCUT2D eigenvalue weighted by molar-refractivity contribution is 5.99. The third-order valence-corrected chi connectivity index (χ3v) is 4.66. The van der Waals surface area contributed by atoms with Crippen molar-refractivity contribution in [3.8, 4) is 5.75 Å². The minimum atomic E-state index is -0.576. The zero-order valence-corrected chi connectivity index (χ0v) is 15.5. The average Bonchev–Trinajstić information content (AvgIpc) is 2.69. The summed E-state index contributed by atoms with van der Waals surface area (Å²) in [6.07, 6.45) is -0.555. The standard InChI is InChI=1S/C20H18N4O5/c1-11-18(26)22-14-10-12(6-7-16(14)29-11)21-17(25)8-9-24-15-5-3-2-4-13(15)19(27)23-20(24)28/h2-7,10-11H,8-9H2,1H3,(H,21,25)(H,22,26)(H,23,27,28)/t11-/m1/s1. The molecule has 2 amide bonds. The van der Waals surface area contributed by atoms with Gasteiger partial charge in [0.1, 0.15) is 5.75 Å². The smallest absolute Gasteiger partial charge is 0.328 e. The molecule has 0 fully saturated rings. The molecule has 2 heterocycles. The first-order chi connectivity index (χ1) is 13.9. The van der Waals surface area contributed by atoms with Crippen LogP contribution in [-0.4, -0.2) is 27.5 Å². The SMILES string of the molecule is C[C@H]1Oc2ccc(NC(=O)CCn3c(=O)[nH]c(=O)c4ccccc43)cc2NC1=O. The van der Waals surface area contributed by atoms with Crippen LogP contribution in [0.25, 0.3) is 10.9 Å². The molecule has 29 heavy (non-hydrogen) atoms. The number of hydrogen-bond acceptors (Lipinski definition) is 5. The summed E-state index contributed by atoms with van der Waals surface area (Å²) in [5.41, 5.74) is 0.416. The lowest BCUT2D eigenvalue weighted by molar-refractivity contribution is -0.122. The van der Waals surface area contributed by atoms with Crippen molar-refractivity contribution in [1.29, 1.82) is 0 Å². The largest absolute Gasteiger partial charge is 0.479 e. The van der Waals surface area contributed by atoms with Crippen molar-refractivity contribution in [3.05, 3.63) is 63.3 Å². The molecule has 1 atom stereocenters. The van der Waals surface area contributed by atoms with Crippen molar-refractivity contribution < 1.29 is 14.3 Å². The maximum absolute atomic E-state index is 12.4. The minimum Gasteiger partial charge on any atom is -0.479 e. The first-order valence-corrected chi connectivity index (χ1v) is 9.05. The predicted octanol–water partition coefficient (Wildman–Crippen LogP) is 1.44. The third-order valence-electron chi connectivity index (χ3n) is 4.66. The van der Waals surface area contributed by atoms with Crippen LogP contribution in [0.2, 0.25) is 0 Å². The van der Waals surface area contributed by atoms with Gasteiger partial charge in [-0.1, -0.05) is 12.1 Å². The molecule has 4 rings (SSSR count). The molecule has 0 aliphatic carbocycles. The zero-order valence-electron chi connectivity index (χ0n) is 15.5. The molecule has 0 unspecified atom stereocenters. The van der Waals surface area contributed by atoms with Crippen LogP contribution in [-0.2, 0) is 16.1 Å². The van der Waals surface area contributed by atoms with Crippen LogP contribution in [0.1, 0.15) is 13.3 Å². The van der Waals surface area contributed by atoms with Crippen molar-refractivity contribution in [2.24, 2.45) is 0 Å². The molecule has 0 saturated carbocycles. The van der Waals surface area contributed by atoms with Gasteiger partial charge in [-0.15, -0.1) is 0 Å². The number of carbonyl (C=O) groups excluding carboxylic acids is 2. The number of H-pyrrole nitrogens is 1. The first-order valence-electron chi connectivity index (χ1n) is 9.05. The topological polar surface area (TPSA) is 122 Å². The molecule has 9 nitrogen and oxygen atoms in total. The fourth-order valence-corrected chi connectivity index (χ4v) is 3.19. The molecule has 0 bridgehead atoms. The first kappa shape index (κ1) is 18.5. The molecular formula is C20H18N4O5. The molecule has 1 aliphatic heterocycles. The highest BCUT2D eigenvalue weighted by atomic mass is 16.5. The number of benzene rings is 2. The normalized spacial score (nSPS) is 15.3. The maximum Gasteiger partial charge on any atom is 0.328 e. The van der Waals surface area contributed by atoms with E-state index < -0.39 is 17.4 Å². The Bertz CT molecular complexity index is 1240. The number of carbonyl (C=O) groups is 2. The monoisotopic (exact) mass is 394 g/mol. The molecule has 148 valence electrons. The van der Waals surface area contributed by atoms with Crippen LogP contribution in [0.15, 0.2) is 52.1 Å². The highest BCUT2D eigenvalue weighted by Gasteiger charge is 2.23. The van der Waals surface area contributed by atoms with E-state index in [0.717, 1.165) is 0 Å². The van der Waals surface area contributed by atoms with E-state index in [1.54, 1.807) is 49.4 Å². The van der Waals surface area contributed by atoms with E-state index in [0.29, 0.717) is 28.0 Å². The van der Waals surface area contributed by atoms with Gasteiger partial charge in [-0.2, -0.15) is 0 Å². The van der Waals surface area contributed by atoms with E-state index in [-0.39, 0.29) is 24.8 Å². The Hall–Kier alpha value is -3.88. The van der Waals surface area contributed by atoms with Crippen LogP contribution < -0.4 is 26.6 Å². The van der Waals surface area contributed by atoms with Crippen molar-refractivity contribution in [3.63, 3.8) is 0 Å². The van der Waals surface area contributed by atoms with Gasteiger partial charge in [-0.05, 0) is 37.3 Å². The van der Waals surface area contributed by atoms with Gasteiger partial charge in [0, 0.05) is 18.7 Å². The van der Waals surface area contributed by atoms with Crippen LogP contribution in [0.3, 0.4) is 0 Å². The molecule has 2 aromatic carbocycles. The van der Waals surface area contributed by atoms with E-state index in [9.17, 15) is 19.2 Å². The van der Waals surface area contributed by atoms with Gasteiger partial charge in [0.05, 0.1) is 16.6 Å². The van der Waals surface area contributed by atoms with Gasteiger partial charge in [0.15, 0.2) is 6.10 Å². The van der Waals surface area contributed by atoms with Gasteiger partial charge >= 0.3 is 5.69 Å². The maximum atomic E-state index is 12.4. The molecule has 0 radical (unpaired) electrons. The number of para-hydroxylation sites is 1. The van der Waals surface area contributed by atoms with E-state index in [1.165, 1.54) is 4.57 Å². The van der Waals surface area contributed by atoms with Gasteiger partial charge in [0.2, 0.25) is 5.91 Å². The number of fused-ring (bicyclic) bond motifs is 2. The lowest BCUT2D eigenvalue weighted by atomic mass is 10.2. The van der Waals surface area contributed by atoms with Crippen LogP contribution in [0, 0.1) is 0 Å². The summed E-state index contributed by atoms with van der Waals surface area (Å²) in [5.74, 6) is -0.0461. The van der Waals surface area contributed by atoms with Gasteiger partial charge in [-0.25, -0.2) is 4.79 Å². The Balaban J connectivity index is 1.49. The number of hydrogen-bond donors (Lipinski definition) is 3. The Morgan fingerprint density at radius 3 is 2.79 bits per heavy atom. The Morgan fingerprint density at radius 2 is 1.97 bits per heavy atom. The van der Waals surface area contributed by atoms with Gasteiger partial charge in [-0.3, -0.25) is 23.9 Å². The van der Waals surface area contributed by atoms with Crippen molar-refractivity contribution in [2.75, 3.05) is 10.6 Å². The summed E-state index contributed by atoms with van der Waals surface area (Å²) in [7, 11) is 0. The van der Waals surface area contributed by atoms with Crippen molar-refractivity contribution in [1.82, 2.24) is 9.55 Å². The summed E-state index contributed by atoms with van der Waals surface area (Å²) >= 11 is 0. The number of aromatic amines is 1. The molecule has 0 saturated heterocycles. The minimum absolute atomic E-state index is 0.0208. The van der Waals surface area contributed by atoms with E-state index in [2.05, 4.69) is 15.6 Å². The number of amides is 2. The Labute approximate surface area is 164 Å². The quantitative estimate of drug-likeness (QED) is 0.618. The molecule has 0 spiro atoms. The Morgan fingerprint density at radius 1 is 1.17 bits per heavy atom. The summed E-state index contributed by atoms with van der Waals surface area (Å²) in [6.45, 7) is 1.75. The number of aryl methyl sites for hydroxylation is 1. The van der Waals surface area contributed by atoms with Crippen molar-refractivity contribution >= 4 is 34.1 Å². The predicted molar refractivity (Wildman–Crippen MR) is 107 cm³/mol. The third kappa shape index (κ3) is 3.62. The second-order valence-electron chi connectivity index (χ2n) is 6.69.